The van der Waals surface area contributed by atoms with E-state index >= 15 is 0 Å². The maximum absolute atomic E-state index is 3.14. The van der Waals surface area contributed by atoms with Crippen LogP contribution in [0.5, 0.6) is 0 Å². The van der Waals surface area contributed by atoms with Gasteiger partial charge >= 0.3 is 0 Å². The number of dihydropyridines is 1. The van der Waals surface area contributed by atoms with Crippen LogP contribution in [0.25, 0.3) is 0 Å². The first-order chi connectivity index (χ1) is 6.45. The van der Waals surface area contributed by atoms with E-state index in [2.05, 4.69) is 47.8 Å². The number of benzene rings is 1. The SMILES string of the molecule is C1=CC(Cc2ccccc2)=CCN1. The van der Waals surface area contributed by atoms with Crippen molar-refractivity contribution < 1.29 is 0 Å². The minimum atomic E-state index is 0.957. The highest BCUT2D eigenvalue weighted by Crippen LogP contribution is 2.09. The Kier molecular flexibility index (Phi) is 2.46. The van der Waals surface area contributed by atoms with Gasteiger partial charge in [-0.25, -0.2) is 0 Å². The number of hydrogen-bond acceptors (Lipinski definition) is 1. The Labute approximate surface area is 78.8 Å². The third-order valence-electron chi connectivity index (χ3n) is 2.15. The Bertz CT molecular complexity index is 322. The summed E-state index contributed by atoms with van der Waals surface area (Å²) in [5.74, 6) is 0. The lowest BCUT2D eigenvalue weighted by atomic mass is 10.0. The molecule has 0 fully saturated rings. The Morgan fingerprint density at radius 1 is 1.15 bits per heavy atom. The van der Waals surface area contributed by atoms with E-state index in [1.807, 2.05) is 6.20 Å². The predicted octanol–water partition coefficient (Wildman–Crippen LogP) is 2.27. The summed E-state index contributed by atoms with van der Waals surface area (Å²) in [5.41, 5.74) is 2.77. The second kappa shape index (κ2) is 3.94. The van der Waals surface area contributed by atoms with Crippen LogP contribution in [0.3, 0.4) is 0 Å². The van der Waals surface area contributed by atoms with Gasteiger partial charge in [0.2, 0.25) is 0 Å². The van der Waals surface area contributed by atoms with Gasteiger partial charge in [-0.05, 0) is 29.8 Å². The minimum Gasteiger partial charge on any atom is -0.387 e. The zero-order valence-electron chi connectivity index (χ0n) is 7.53. The van der Waals surface area contributed by atoms with Gasteiger partial charge in [-0.3, -0.25) is 0 Å². The van der Waals surface area contributed by atoms with Crippen molar-refractivity contribution in [1.82, 2.24) is 5.32 Å². The van der Waals surface area contributed by atoms with Gasteiger partial charge in [0.1, 0.15) is 0 Å². The maximum Gasteiger partial charge on any atom is 0.0331 e. The fourth-order valence-corrected chi connectivity index (χ4v) is 1.45. The molecule has 0 aliphatic carbocycles. The van der Waals surface area contributed by atoms with E-state index in [1.165, 1.54) is 11.1 Å². The summed E-state index contributed by atoms with van der Waals surface area (Å²) in [4.78, 5) is 0. The summed E-state index contributed by atoms with van der Waals surface area (Å²) in [6.45, 7) is 0.957. The largest absolute Gasteiger partial charge is 0.387 e. The maximum atomic E-state index is 3.14. The van der Waals surface area contributed by atoms with E-state index in [-0.39, 0.29) is 0 Å². The predicted molar refractivity (Wildman–Crippen MR) is 55.4 cm³/mol. The molecule has 1 aliphatic heterocycles. The molecule has 0 aromatic heterocycles. The lowest BCUT2D eigenvalue weighted by Crippen LogP contribution is -2.09. The normalized spacial score (nSPS) is 14.9. The van der Waals surface area contributed by atoms with Crippen molar-refractivity contribution in [2.24, 2.45) is 0 Å². The van der Waals surface area contributed by atoms with Crippen LogP contribution in [-0.4, -0.2) is 6.54 Å². The third kappa shape index (κ3) is 2.22. The summed E-state index contributed by atoms with van der Waals surface area (Å²) in [5, 5.41) is 3.14. The van der Waals surface area contributed by atoms with Crippen molar-refractivity contribution >= 4 is 0 Å². The van der Waals surface area contributed by atoms with Gasteiger partial charge in [0.05, 0.1) is 0 Å². The van der Waals surface area contributed by atoms with Gasteiger partial charge < -0.3 is 5.32 Å². The highest BCUT2D eigenvalue weighted by Gasteiger charge is 1.97. The van der Waals surface area contributed by atoms with Crippen molar-refractivity contribution in [3.63, 3.8) is 0 Å². The van der Waals surface area contributed by atoms with Crippen LogP contribution in [0.1, 0.15) is 5.56 Å². The highest BCUT2D eigenvalue weighted by molar-refractivity contribution is 5.29. The Balaban J connectivity index is 2.06. The Morgan fingerprint density at radius 3 is 2.69 bits per heavy atom. The zero-order chi connectivity index (χ0) is 8.93. The highest BCUT2D eigenvalue weighted by atomic mass is 14.8. The summed E-state index contributed by atoms with van der Waals surface area (Å²) < 4.78 is 0. The molecule has 1 aliphatic rings. The summed E-state index contributed by atoms with van der Waals surface area (Å²) >= 11 is 0. The first kappa shape index (κ1) is 8.11. The molecule has 13 heavy (non-hydrogen) atoms. The quantitative estimate of drug-likeness (QED) is 0.719. The van der Waals surface area contributed by atoms with E-state index in [1.54, 1.807) is 0 Å². The van der Waals surface area contributed by atoms with Crippen LogP contribution in [0, 0.1) is 0 Å². The van der Waals surface area contributed by atoms with E-state index in [0.29, 0.717) is 0 Å². The Morgan fingerprint density at radius 2 is 2.00 bits per heavy atom. The Hall–Kier alpha value is -1.50. The zero-order valence-corrected chi connectivity index (χ0v) is 7.53. The third-order valence-corrected chi connectivity index (χ3v) is 2.15. The van der Waals surface area contributed by atoms with E-state index in [9.17, 15) is 0 Å². The number of rotatable bonds is 2. The minimum absolute atomic E-state index is 0.957. The number of hydrogen-bond donors (Lipinski definition) is 1. The molecule has 1 aromatic carbocycles. The van der Waals surface area contributed by atoms with Crippen LogP contribution in [-0.2, 0) is 6.42 Å². The number of allylic oxidation sites excluding steroid dienone is 2. The van der Waals surface area contributed by atoms with Crippen molar-refractivity contribution in [1.29, 1.82) is 0 Å². The van der Waals surface area contributed by atoms with Crippen molar-refractivity contribution in [2.75, 3.05) is 6.54 Å². The van der Waals surface area contributed by atoms with Crippen LogP contribution < -0.4 is 5.32 Å². The van der Waals surface area contributed by atoms with Gasteiger partial charge in [-0.15, -0.1) is 0 Å². The summed E-state index contributed by atoms with van der Waals surface area (Å²) in [6.07, 6.45) is 7.42. The van der Waals surface area contributed by atoms with Crippen LogP contribution >= 0.6 is 0 Å². The summed E-state index contributed by atoms with van der Waals surface area (Å²) in [6, 6.07) is 10.5. The molecule has 0 bridgehead atoms. The molecule has 0 radical (unpaired) electrons. The molecule has 66 valence electrons. The fraction of sp³-hybridized carbons (Fsp3) is 0.167. The molecule has 2 rings (SSSR count). The molecule has 0 amide bonds. The second-order valence-electron chi connectivity index (χ2n) is 3.18. The van der Waals surface area contributed by atoms with Crippen LogP contribution in [0.2, 0.25) is 0 Å². The summed E-state index contributed by atoms with van der Waals surface area (Å²) in [7, 11) is 0. The van der Waals surface area contributed by atoms with Gasteiger partial charge in [0, 0.05) is 6.54 Å². The standard InChI is InChI=1S/C12H13N/c1-2-4-11(5-3-1)10-12-6-8-13-9-7-12/h1-8,13H,9-10H2. The lowest BCUT2D eigenvalue weighted by molar-refractivity contribution is 0.945. The molecule has 1 heteroatoms. The molecular formula is C12H13N. The van der Waals surface area contributed by atoms with Crippen LogP contribution in [0.15, 0.2) is 54.3 Å². The van der Waals surface area contributed by atoms with E-state index < -0.39 is 0 Å². The van der Waals surface area contributed by atoms with Gasteiger partial charge in [-0.2, -0.15) is 0 Å². The monoisotopic (exact) mass is 171 g/mol. The average Bonchev–Trinajstić information content (AvgIpc) is 2.21. The molecular weight excluding hydrogens is 158 g/mol. The molecule has 1 N–H and O–H groups in total. The smallest absolute Gasteiger partial charge is 0.0331 e. The lowest BCUT2D eigenvalue weighted by Gasteiger charge is -2.07. The van der Waals surface area contributed by atoms with Crippen molar-refractivity contribution in [2.45, 2.75) is 6.42 Å². The topological polar surface area (TPSA) is 12.0 Å². The molecule has 0 unspecified atom stereocenters. The molecule has 0 saturated heterocycles. The van der Waals surface area contributed by atoms with Crippen molar-refractivity contribution in [3.8, 4) is 0 Å². The molecule has 0 saturated carbocycles. The number of nitrogens with one attached hydrogen (secondary N) is 1. The molecule has 0 atom stereocenters. The van der Waals surface area contributed by atoms with Gasteiger partial charge in [0.15, 0.2) is 0 Å². The first-order valence-electron chi connectivity index (χ1n) is 4.58. The second-order valence-corrected chi connectivity index (χ2v) is 3.18. The van der Waals surface area contributed by atoms with E-state index in [4.69, 9.17) is 0 Å². The van der Waals surface area contributed by atoms with Crippen molar-refractivity contribution in [3.05, 3.63) is 59.8 Å². The first-order valence-corrected chi connectivity index (χ1v) is 4.58. The average molecular weight is 171 g/mol. The molecule has 0 spiro atoms. The van der Waals surface area contributed by atoms with Gasteiger partial charge in [0.25, 0.3) is 0 Å². The fourth-order valence-electron chi connectivity index (χ4n) is 1.45. The molecule has 1 nitrogen and oxygen atoms in total. The molecule has 1 heterocycles. The van der Waals surface area contributed by atoms with Crippen LogP contribution in [0.4, 0.5) is 0 Å². The molecule has 1 aromatic rings. The van der Waals surface area contributed by atoms with Gasteiger partial charge in [-0.1, -0.05) is 36.4 Å². The van der Waals surface area contributed by atoms with E-state index in [0.717, 1.165) is 13.0 Å².